The number of allylic oxidation sites excluding steroid dienone is 2. The average Bonchev–Trinajstić information content (AvgIpc) is 2.63. The van der Waals surface area contributed by atoms with Crippen LogP contribution in [0.3, 0.4) is 0 Å². The van der Waals surface area contributed by atoms with E-state index in [1.165, 1.54) is 17.6 Å². The first-order chi connectivity index (χ1) is 13.9. The number of aliphatic hydroxyl groups excluding tert-OH is 1. The molecule has 2 fully saturated rings. The molecule has 1 aromatic rings. The Balaban J connectivity index is 1.75. The zero-order chi connectivity index (χ0) is 22.1. The van der Waals surface area contributed by atoms with Gasteiger partial charge in [0.25, 0.3) is 0 Å². The van der Waals surface area contributed by atoms with Gasteiger partial charge < -0.3 is 14.6 Å². The zero-order valence-corrected chi connectivity index (χ0v) is 19.5. The summed E-state index contributed by atoms with van der Waals surface area (Å²) in [6, 6.07) is 1.55. The second-order valence-corrected chi connectivity index (χ2v) is 11.4. The molecule has 4 nitrogen and oxygen atoms in total. The van der Waals surface area contributed by atoms with Gasteiger partial charge in [-0.3, -0.25) is 0 Å². The van der Waals surface area contributed by atoms with E-state index in [9.17, 15) is 15.0 Å². The first kappa shape index (κ1) is 21.7. The molecule has 0 radical (unpaired) electrons. The van der Waals surface area contributed by atoms with E-state index in [-0.39, 0.29) is 28.1 Å². The Bertz CT molecular complexity index is 939. The highest BCUT2D eigenvalue weighted by Gasteiger charge is 2.61. The van der Waals surface area contributed by atoms with Crippen LogP contribution in [0.2, 0.25) is 0 Å². The quantitative estimate of drug-likeness (QED) is 0.625. The Morgan fingerprint density at radius 1 is 1.07 bits per heavy atom. The Kier molecular flexibility index (Phi) is 5.04. The molecule has 4 rings (SSSR count). The molecule has 166 valence electrons. The van der Waals surface area contributed by atoms with Crippen molar-refractivity contribution in [3.63, 3.8) is 0 Å². The highest BCUT2D eigenvalue weighted by Crippen LogP contribution is 2.68. The molecular weight excluding hydrogens is 376 g/mol. The van der Waals surface area contributed by atoms with Crippen molar-refractivity contribution in [3.8, 4) is 5.75 Å². The molecule has 5 atom stereocenters. The normalized spacial score (nSPS) is 38.2. The summed E-state index contributed by atoms with van der Waals surface area (Å²) in [5.74, 6) is 1.52. The number of hydrogen-bond acceptors (Lipinski definition) is 4. The molecule has 0 aliphatic heterocycles. The smallest absolute Gasteiger partial charge is 0.343 e. The van der Waals surface area contributed by atoms with Crippen LogP contribution in [-0.2, 0) is 6.42 Å². The van der Waals surface area contributed by atoms with Gasteiger partial charge in [-0.25, -0.2) is 4.79 Å². The average molecular weight is 415 g/mol. The summed E-state index contributed by atoms with van der Waals surface area (Å²) in [7, 11) is 0. The minimum Gasteiger partial charge on any atom is -0.507 e. The van der Waals surface area contributed by atoms with Crippen LogP contribution in [0.1, 0.15) is 84.5 Å². The Labute approximate surface area is 180 Å². The summed E-state index contributed by atoms with van der Waals surface area (Å²) < 4.78 is 5.31. The van der Waals surface area contributed by atoms with Crippen LogP contribution >= 0.6 is 0 Å². The van der Waals surface area contributed by atoms with Crippen molar-refractivity contribution in [1.82, 2.24) is 0 Å². The fourth-order valence-electron chi connectivity index (χ4n) is 7.86. The van der Waals surface area contributed by atoms with E-state index in [0.29, 0.717) is 29.6 Å². The topological polar surface area (TPSA) is 70.7 Å². The molecule has 0 bridgehead atoms. The molecule has 5 unspecified atom stereocenters. The molecule has 30 heavy (non-hydrogen) atoms. The van der Waals surface area contributed by atoms with Gasteiger partial charge in [0.05, 0.1) is 11.7 Å². The second kappa shape index (κ2) is 6.98. The van der Waals surface area contributed by atoms with Crippen LogP contribution in [0.5, 0.6) is 5.75 Å². The highest BCUT2D eigenvalue weighted by molar-refractivity contribution is 5.38. The molecule has 1 aromatic heterocycles. The van der Waals surface area contributed by atoms with E-state index in [1.54, 1.807) is 13.0 Å². The minimum absolute atomic E-state index is 0.00964. The van der Waals surface area contributed by atoms with Crippen molar-refractivity contribution in [2.24, 2.45) is 28.1 Å². The van der Waals surface area contributed by atoms with Gasteiger partial charge >= 0.3 is 5.63 Å². The molecule has 3 aliphatic carbocycles. The van der Waals surface area contributed by atoms with Gasteiger partial charge in [0.15, 0.2) is 0 Å². The summed E-state index contributed by atoms with van der Waals surface area (Å²) in [5.41, 5.74) is 2.79. The van der Waals surface area contributed by atoms with Gasteiger partial charge in [-0.15, -0.1) is 0 Å². The van der Waals surface area contributed by atoms with E-state index < -0.39 is 5.63 Å². The van der Waals surface area contributed by atoms with Gasteiger partial charge in [-0.05, 0) is 80.5 Å². The van der Waals surface area contributed by atoms with Crippen molar-refractivity contribution in [3.05, 3.63) is 39.0 Å². The minimum atomic E-state index is -0.416. The Morgan fingerprint density at radius 2 is 1.77 bits per heavy atom. The van der Waals surface area contributed by atoms with E-state index in [2.05, 4.69) is 34.6 Å². The third-order valence-electron chi connectivity index (χ3n) is 9.54. The summed E-state index contributed by atoms with van der Waals surface area (Å²) >= 11 is 0. The summed E-state index contributed by atoms with van der Waals surface area (Å²) in [5, 5.41) is 21.2. The predicted molar refractivity (Wildman–Crippen MR) is 118 cm³/mol. The largest absolute Gasteiger partial charge is 0.507 e. The van der Waals surface area contributed by atoms with Crippen molar-refractivity contribution < 1.29 is 14.6 Å². The lowest BCUT2D eigenvalue weighted by molar-refractivity contribution is -0.166. The summed E-state index contributed by atoms with van der Waals surface area (Å²) in [4.78, 5) is 12.5. The number of aliphatic hydroxyl groups is 1. The zero-order valence-electron chi connectivity index (χ0n) is 19.5. The standard InChI is InChI=1S/C26H38O4/c1-15-7-8-21-25(5,18(15)14-17-19(27)13-16(2)30-23(17)29)11-9-20-24(3,4)22(28)10-12-26(20,21)6/h13,20-22,27-28H,7-12,14H2,1-6H3. The lowest BCUT2D eigenvalue weighted by atomic mass is 9.40. The van der Waals surface area contributed by atoms with Gasteiger partial charge in [-0.1, -0.05) is 38.8 Å². The molecule has 0 aromatic carbocycles. The molecule has 0 spiro atoms. The molecule has 4 heteroatoms. The van der Waals surface area contributed by atoms with Gasteiger partial charge in [0.2, 0.25) is 0 Å². The Morgan fingerprint density at radius 3 is 2.43 bits per heavy atom. The van der Waals surface area contributed by atoms with Crippen molar-refractivity contribution >= 4 is 0 Å². The maximum absolute atomic E-state index is 12.5. The molecule has 2 saturated carbocycles. The predicted octanol–water partition coefficient (Wildman–Crippen LogP) is 5.53. The van der Waals surface area contributed by atoms with Crippen molar-refractivity contribution in [1.29, 1.82) is 0 Å². The highest BCUT2D eigenvalue weighted by atomic mass is 16.4. The molecule has 0 saturated heterocycles. The van der Waals surface area contributed by atoms with Crippen LogP contribution < -0.4 is 5.63 Å². The molecular formula is C26H38O4. The first-order valence-electron chi connectivity index (χ1n) is 11.6. The van der Waals surface area contributed by atoms with E-state index >= 15 is 0 Å². The van der Waals surface area contributed by atoms with Crippen molar-refractivity contribution in [2.75, 3.05) is 0 Å². The molecule has 2 N–H and O–H groups in total. The monoisotopic (exact) mass is 414 g/mol. The molecule has 3 aliphatic rings. The number of fused-ring (bicyclic) bond motifs is 3. The fraction of sp³-hybridized carbons (Fsp3) is 0.731. The van der Waals surface area contributed by atoms with Crippen LogP contribution in [0.25, 0.3) is 0 Å². The van der Waals surface area contributed by atoms with Gasteiger partial charge in [-0.2, -0.15) is 0 Å². The second-order valence-electron chi connectivity index (χ2n) is 11.4. The van der Waals surface area contributed by atoms with Crippen LogP contribution in [0.4, 0.5) is 0 Å². The third kappa shape index (κ3) is 3.01. The molecule has 0 amide bonds. The van der Waals surface area contributed by atoms with Crippen LogP contribution in [-0.4, -0.2) is 16.3 Å². The van der Waals surface area contributed by atoms with Crippen LogP contribution in [0.15, 0.2) is 26.4 Å². The van der Waals surface area contributed by atoms with E-state index in [0.717, 1.165) is 32.1 Å². The number of aromatic hydroxyl groups is 1. The SMILES string of the molecule is CC1=C(Cc2c(O)cc(C)oc2=O)C2(C)CCC3C(C)(C)C(O)CCC3(C)C2CC1. The lowest BCUT2D eigenvalue weighted by Crippen LogP contribution is -2.59. The molecule has 1 heterocycles. The van der Waals surface area contributed by atoms with Crippen LogP contribution in [0, 0.1) is 35.0 Å². The maximum atomic E-state index is 12.5. The number of rotatable bonds is 2. The van der Waals surface area contributed by atoms with E-state index in [1.807, 2.05) is 0 Å². The first-order valence-corrected chi connectivity index (χ1v) is 11.6. The number of aryl methyl sites for hydroxylation is 1. The van der Waals surface area contributed by atoms with Gasteiger partial charge in [0, 0.05) is 12.5 Å². The lowest BCUT2D eigenvalue weighted by Gasteiger charge is -2.65. The summed E-state index contributed by atoms with van der Waals surface area (Å²) in [6.07, 6.45) is 6.55. The van der Waals surface area contributed by atoms with Crippen molar-refractivity contribution in [2.45, 2.75) is 92.6 Å². The fourth-order valence-corrected chi connectivity index (χ4v) is 7.86. The number of hydrogen-bond donors (Lipinski definition) is 2. The maximum Gasteiger partial charge on any atom is 0.343 e. The summed E-state index contributed by atoms with van der Waals surface area (Å²) in [6.45, 7) is 13.2. The Hall–Kier alpha value is -1.55. The van der Waals surface area contributed by atoms with Gasteiger partial charge in [0.1, 0.15) is 11.5 Å². The van der Waals surface area contributed by atoms with E-state index in [4.69, 9.17) is 4.42 Å². The third-order valence-corrected chi connectivity index (χ3v) is 9.54.